The van der Waals surface area contributed by atoms with Crippen LogP contribution in [0.15, 0.2) is 127 Å². The van der Waals surface area contributed by atoms with Crippen molar-refractivity contribution in [2.45, 2.75) is 13.8 Å². The minimum Gasteiger partial charge on any atom is -0.507 e. The number of aromatic hydroxyl groups is 1. The average Bonchev–Trinajstić information content (AvgIpc) is 3.04. The van der Waals surface area contributed by atoms with Gasteiger partial charge in [-0.1, -0.05) is 123 Å². The molecule has 1 heterocycles. The highest BCUT2D eigenvalue weighted by atomic mass is 16.5. The zero-order valence-corrected chi connectivity index (χ0v) is 23.6. The van der Waals surface area contributed by atoms with Gasteiger partial charge in [-0.25, -0.2) is 15.0 Å². The van der Waals surface area contributed by atoms with Gasteiger partial charge in [0.05, 0.1) is 12.2 Å². The number of phenolic OH excluding ortho intramolecular Hbond substituents is 1. The summed E-state index contributed by atoms with van der Waals surface area (Å²) in [6.45, 7) is 4.73. The number of hydrogen-bond acceptors (Lipinski definition) is 5. The molecule has 6 rings (SSSR count). The summed E-state index contributed by atoms with van der Waals surface area (Å²) in [5.41, 5.74) is 6.74. The molecule has 6 aromatic rings. The zero-order chi connectivity index (χ0) is 28.9. The van der Waals surface area contributed by atoms with Crippen LogP contribution in [0.5, 0.6) is 11.5 Å². The second-order valence-electron chi connectivity index (χ2n) is 10.6. The molecule has 0 saturated heterocycles. The topological polar surface area (TPSA) is 68.1 Å². The lowest BCUT2D eigenvalue weighted by Crippen LogP contribution is -2.04. The molecular formula is C37H31N3O2. The molecule has 0 bridgehead atoms. The van der Waals surface area contributed by atoms with Crippen molar-refractivity contribution in [3.63, 3.8) is 0 Å². The summed E-state index contributed by atoms with van der Waals surface area (Å²) < 4.78 is 5.81. The average molecular weight is 550 g/mol. The van der Waals surface area contributed by atoms with Gasteiger partial charge in [-0.05, 0) is 40.3 Å². The first-order chi connectivity index (χ1) is 20.5. The Labute approximate surface area is 246 Å². The Hall–Kier alpha value is -5.29. The third kappa shape index (κ3) is 6.06. The molecule has 0 aliphatic rings. The van der Waals surface area contributed by atoms with Gasteiger partial charge < -0.3 is 9.84 Å². The van der Waals surface area contributed by atoms with Crippen LogP contribution in [-0.4, -0.2) is 26.7 Å². The van der Waals surface area contributed by atoms with Gasteiger partial charge in [0.2, 0.25) is 0 Å². The minimum atomic E-state index is 0.0539. The number of hydrogen-bond donors (Lipinski definition) is 1. The molecule has 5 aromatic carbocycles. The third-order valence-corrected chi connectivity index (χ3v) is 6.93. The van der Waals surface area contributed by atoms with E-state index in [2.05, 4.69) is 62.4 Å². The van der Waals surface area contributed by atoms with Crippen molar-refractivity contribution in [3.8, 4) is 67.9 Å². The summed E-state index contributed by atoms with van der Waals surface area (Å²) in [5, 5.41) is 11.0. The van der Waals surface area contributed by atoms with Gasteiger partial charge in [-0.2, -0.15) is 0 Å². The molecule has 0 aliphatic heterocycles. The van der Waals surface area contributed by atoms with E-state index in [1.807, 2.05) is 66.7 Å². The van der Waals surface area contributed by atoms with E-state index in [0.29, 0.717) is 41.3 Å². The van der Waals surface area contributed by atoms with Gasteiger partial charge in [0.15, 0.2) is 17.5 Å². The summed E-state index contributed by atoms with van der Waals surface area (Å²) >= 11 is 0. The standard InChI is InChI=1S/C37H31N3O2/c1-25(2)24-42-32-21-22-33(34(41)23-32)37-39-35(30-17-13-28(14-18-30)26-9-5-3-6-10-26)38-36(40-37)31-19-15-29(16-20-31)27-11-7-4-8-12-27/h3-23,25,41H,24H2,1-2H3. The Morgan fingerprint density at radius 1 is 0.524 bits per heavy atom. The summed E-state index contributed by atoms with van der Waals surface area (Å²) in [5.74, 6) is 2.48. The van der Waals surface area contributed by atoms with Crippen LogP contribution in [-0.2, 0) is 0 Å². The van der Waals surface area contributed by atoms with E-state index in [0.717, 1.165) is 33.4 Å². The Bertz CT molecular complexity index is 1680. The van der Waals surface area contributed by atoms with E-state index in [1.165, 1.54) is 0 Å². The Balaban J connectivity index is 1.40. The predicted octanol–water partition coefficient (Wildman–Crippen LogP) is 8.95. The fourth-order valence-corrected chi connectivity index (χ4v) is 4.69. The zero-order valence-electron chi connectivity index (χ0n) is 23.6. The lowest BCUT2D eigenvalue weighted by molar-refractivity contribution is 0.270. The molecule has 0 atom stereocenters. The third-order valence-electron chi connectivity index (χ3n) is 6.93. The fraction of sp³-hybridized carbons (Fsp3) is 0.108. The van der Waals surface area contributed by atoms with Crippen molar-refractivity contribution in [2.24, 2.45) is 5.92 Å². The van der Waals surface area contributed by atoms with Crippen LogP contribution in [0.3, 0.4) is 0 Å². The van der Waals surface area contributed by atoms with E-state index in [-0.39, 0.29) is 5.75 Å². The van der Waals surface area contributed by atoms with E-state index in [1.54, 1.807) is 12.1 Å². The quantitative estimate of drug-likeness (QED) is 0.205. The van der Waals surface area contributed by atoms with Crippen molar-refractivity contribution in [3.05, 3.63) is 127 Å². The molecule has 0 aliphatic carbocycles. The van der Waals surface area contributed by atoms with Gasteiger partial charge >= 0.3 is 0 Å². The summed E-state index contributed by atoms with van der Waals surface area (Å²) in [6.07, 6.45) is 0. The maximum Gasteiger partial charge on any atom is 0.167 e. The van der Waals surface area contributed by atoms with Crippen molar-refractivity contribution in [2.75, 3.05) is 6.61 Å². The molecule has 0 unspecified atom stereocenters. The van der Waals surface area contributed by atoms with E-state index < -0.39 is 0 Å². The van der Waals surface area contributed by atoms with Gasteiger partial charge in [0.25, 0.3) is 0 Å². The van der Waals surface area contributed by atoms with Crippen LogP contribution in [0.4, 0.5) is 0 Å². The van der Waals surface area contributed by atoms with Crippen LogP contribution >= 0.6 is 0 Å². The number of phenols is 1. The SMILES string of the molecule is CC(C)COc1ccc(-c2nc(-c3ccc(-c4ccccc4)cc3)nc(-c3ccc(-c4ccccc4)cc3)n2)c(O)c1. The maximum atomic E-state index is 11.0. The molecule has 1 aromatic heterocycles. The highest BCUT2D eigenvalue weighted by Gasteiger charge is 2.16. The molecule has 1 N–H and O–H groups in total. The van der Waals surface area contributed by atoms with Crippen LogP contribution < -0.4 is 4.74 Å². The second kappa shape index (κ2) is 12.1. The first-order valence-corrected chi connectivity index (χ1v) is 14.1. The van der Waals surface area contributed by atoms with Gasteiger partial charge in [-0.3, -0.25) is 0 Å². The van der Waals surface area contributed by atoms with Gasteiger partial charge in [-0.15, -0.1) is 0 Å². The lowest BCUT2D eigenvalue weighted by atomic mass is 10.0. The highest BCUT2D eigenvalue weighted by Crippen LogP contribution is 2.33. The van der Waals surface area contributed by atoms with Gasteiger partial charge in [0.1, 0.15) is 11.5 Å². The Morgan fingerprint density at radius 3 is 1.40 bits per heavy atom. The molecule has 0 radical (unpaired) electrons. The molecule has 0 amide bonds. The lowest BCUT2D eigenvalue weighted by Gasteiger charge is -2.12. The van der Waals surface area contributed by atoms with E-state index in [4.69, 9.17) is 19.7 Å². The van der Waals surface area contributed by atoms with Crippen LogP contribution in [0.2, 0.25) is 0 Å². The number of rotatable bonds is 8. The summed E-state index contributed by atoms with van der Waals surface area (Å²) in [7, 11) is 0. The largest absolute Gasteiger partial charge is 0.507 e. The number of nitrogens with zero attached hydrogens (tertiary/aromatic N) is 3. The molecule has 42 heavy (non-hydrogen) atoms. The number of benzene rings is 5. The van der Waals surface area contributed by atoms with Crippen LogP contribution in [0.1, 0.15) is 13.8 Å². The molecule has 0 spiro atoms. The number of ether oxygens (including phenoxy) is 1. The summed E-state index contributed by atoms with van der Waals surface area (Å²) in [6, 6.07) is 42.1. The highest BCUT2D eigenvalue weighted by molar-refractivity contribution is 5.73. The summed E-state index contributed by atoms with van der Waals surface area (Å²) in [4.78, 5) is 14.5. The molecule has 5 nitrogen and oxygen atoms in total. The molecule has 0 saturated carbocycles. The fourth-order valence-electron chi connectivity index (χ4n) is 4.69. The van der Waals surface area contributed by atoms with Crippen molar-refractivity contribution < 1.29 is 9.84 Å². The Morgan fingerprint density at radius 2 is 0.952 bits per heavy atom. The molecule has 206 valence electrons. The first-order valence-electron chi connectivity index (χ1n) is 14.1. The van der Waals surface area contributed by atoms with E-state index >= 15 is 0 Å². The van der Waals surface area contributed by atoms with Crippen LogP contribution in [0.25, 0.3) is 56.4 Å². The van der Waals surface area contributed by atoms with Gasteiger partial charge in [0, 0.05) is 17.2 Å². The smallest absolute Gasteiger partial charge is 0.167 e. The molecule has 5 heteroatoms. The number of aromatic nitrogens is 3. The maximum absolute atomic E-state index is 11.0. The minimum absolute atomic E-state index is 0.0539. The van der Waals surface area contributed by atoms with Crippen LogP contribution in [0, 0.1) is 5.92 Å². The van der Waals surface area contributed by atoms with E-state index in [9.17, 15) is 5.11 Å². The van der Waals surface area contributed by atoms with Crippen molar-refractivity contribution in [1.29, 1.82) is 0 Å². The monoisotopic (exact) mass is 549 g/mol. The van der Waals surface area contributed by atoms with Crippen molar-refractivity contribution in [1.82, 2.24) is 15.0 Å². The second-order valence-corrected chi connectivity index (χ2v) is 10.6. The normalized spacial score (nSPS) is 11.0. The molecular weight excluding hydrogens is 518 g/mol. The first kappa shape index (κ1) is 26.9. The Kier molecular flexibility index (Phi) is 7.73. The van der Waals surface area contributed by atoms with Crippen molar-refractivity contribution >= 4 is 0 Å². The predicted molar refractivity (Wildman–Crippen MR) is 169 cm³/mol. The molecule has 0 fully saturated rings.